The van der Waals surface area contributed by atoms with Crippen LogP contribution in [0, 0.1) is 6.92 Å². The van der Waals surface area contributed by atoms with Gasteiger partial charge in [-0.15, -0.1) is 0 Å². The van der Waals surface area contributed by atoms with E-state index in [1.807, 2.05) is 36.4 Å². The van der Waals surface area contributed by atoms with Crippen LogP contribution in [0.25, 0.3) is 16.7 Å². The van der Waals surface area contributed by atoms with Gasteiger partial charge in [0.1, 0.15) is 5.69 Å². The number of para-hydroxylation sites is 1. The maximum absolute atomic E-state index is 12.6. The lowest BCUT2D eigenvalue weighted by molar-refractivity contribution is 0.866. The minimum atomic E-state index is -0.0701. The van der Waals surface area contributed by atoms with Crippen LogP contribution in [0.2, 0.25) is 0 Å². The second-order valence-corrected chi connectivity index (χ2v) is 5.52. The van der Waals surface area contributed by atoms with Gasteiger partial charge in [-0.05, 0) is 51.1 Å². The van der Waals surface area contributed by atoms with Crippen LogP contribution in [0.3, 0.4) is 0 Å². The zero-order valence-electron chi connectivity index (χ0n) is 13.8. The average Bonchev–Trinajstić information content (AvgIpc) is 2.58. The zero-order valence-corrected chi connectivity index (χ0v) is 13.8. The number of hydrogen-bond donors (Lipinski definition) is 0. The van der Waals surface area contributed by atoms with E-state index < -0.39 is 0 Å². The molecule has 4 nitrogen and oxygen atoms in total. The van der Waals surface area contributed by atoms with Crippen molar-refractivity contribution in [3.05, 3.63) is 64.6 Å². The fourth-order valence-corrected chi connectivity index (χ4v) is 2.91. The molecule has 3 rings (SSSR count). The van der Waals surface area contributed by atoms with E-state index in [-0.39, 0.29) is 5.56 Å². The van der Waals surface area contributed by atoms with Gasteiger partial charge in [0.2, 0.25) is 0 Å². The van der Waals surface area contributed by atoms with Crippen molar-refractivity contribution < 1.29 is 0 Å². The van der Waals surface area contributed by atoms with E-state index in [0.29, 0.717) is 5.69 Å². The maximum Gasteiger partial charge on any atom is 0.277 e. The molecule has 3 aromatic rings. The van der Waals surface area contributed by atoms with E-state index in [9.17, 15) is 4.79 Å². The topological polar surface area (TPSA) is 38.1 Å². The van der Waals surface area contributed by atoms with E-state index in [2.05, 4.69) is 35.9 Å². The molecule has 0 saturated heterocycles. The second-order valence-electron chi connectivity index (χ2n) is 5.52. The van der Waals surface area contributed by atoms with Crippen LogP contribution in [-0.2, 0) is 0 Å². The van der Waals surface area contributed by atoms with Crippen LogP contribution in [-0.4, -0.2) is 22.6 Å². The highest BCUT2D eigenvalue weighted by Gasteiger charge is 2.11. The smallest absolute Gasteiger partial charge is 0.277 e. The van der Waals surface area contributed by atoms with E-state index in [4.69, 9.17) is 0 Å². The van der Waals surface area contributed by atoms with E-state index in [1.165, 1.54) is 0 Å². The predicted octanol–water partition coefficient (Wildman–Crippen LogP) is 3.54. The zero-order chi connectivity index (χ0) is 16.4. The maximum atomic E-state index is 12.6. The van der Waals surface area contributed by atoms with Gasteiger partial charge >= 0.3 is 0 Å². The van der Waals surface area contributed by atoms with Crippen molar-refractivity contribution in [2.75, 3.05) is 18.0 Å². The molecule has 0 amide bonds. The highest BCUT2D eigenvalue weighted by molar-refractivity contribution is 5.81. The Morgan fingerprint density at radius 3 is 2.39 bits per heavy atom. The van der Waals surface area contributed by atoms with Gasteiger partial charge in [0.25, 0.3) is 5.56 Å². The molecule has 23 heavy (non-hydrogen) atoms. The predicted molar refractivity (Wildman–Crippen MR) is 95.6 cm³/mol. The Bertz CT molecular complexity index is 880. The molecule has 0 aliphatic heterocycles. The molecule has 0 aliphatic rings. The number of benzene rings is 2. The molecule has 118 valence electrons. The van der Waals surface area contributed by atoms with Gasteiger partial charge in [0, 0.05) is 24.5 Å². The molecule has 4 heteroatoms. The standard InChI is InChI=1S/C19H21N3O/c1-4-21(5-2)16-11-12-18-17(13-16)20-14(3)19(23)22(18)15-9-7-6-8-10-15/h6-13H,4-5H2,1-3H3. The van der Waals surface area contributed by atoms with Crippen molar-refractivity contribution in [1.29, 1.82) is 0 Å². The summed E-state index contributed by atoms with van der Waals surface area (Å²) in [4.78, 5) is 19.4. The van der Waals surface area contributed by atoms with E-state index in [1.54, 1.807) is 11.5 Å². The first-order valence-corrected chi connectivity index (χ1v) is 7.99. The Balaban J connectivity index is 2.28. The first-order valence-electron chi connectivity index (χ1n) is 7.99. The van der Waals surface area contributed by atoms with Gasteiger partial charge in [-0.25, -0.2) is 4.98 Å². The quantitative estimate of drug-likeness (QED) is 0.740. The van der Waals surface area contributed by atoms with Crippen molar-refractivity contribution >= 4 is 16.7 Å². The highest BCUT2D eigenvalue weighted by Crippen LogP contribution is 2.22. The minimum Gasteiger partial charge on any atom is -0.372 e. The van der Waals surface area contributed by atoms with Crippen molar-refractivity contribution in [2.24, 2.45) is 0 Å². The van der Waals surface area contributed by atoms with Crippen LogP contribution in [0.1, 0.15) is 19.5 Å². The summed E-state index contributed by atoms with van der Waals surface area (Å²) in [5.41, 5.74) is 4.12. The summed E-state index contributed by atoms with van der Waals surface area (Å²) in [6, 6.07) is 15.8. The summed E-state index contributed by atoms with van der Waals surface area (Å²) in [6.45, 7) is 7.93. The largest absolute Gasteiger partial charge is 0.372 e. The summed E-state index contributed by atoms with van der Waals surface area (Å²) >= 11 is 0. The minimum absolute atomic E-state index is 0.0701. The van der Waals surface area contributed by atoms with Gasteiger partial charge in [0.15, 0.2) is 0 Å². The summed E-state index contributed by atoms with van der Waals surface area (Å²) in [5, 5.41) is 0. The number of aromatic nitrogens is 2. The molecule has 0 radical (unpaired) electrons. The third-order valence-corrected chi connectivity index (χ3v) is 4.14. The Kier molecular flexibility index (Phi) is 4.15. The molecule has 0 atom stereocenters. The lowest BCUT2D eigenvalue weighted by atomic mass is 10.2. The molecule has 0 bridgehead atoms. The van der Waals surface area contributed by atoms with E-state index >= 15 is 0 Å². The lowest BCUT2D eigenvalue weighted by Gasteiger charge is -2.21. The van der Waals surface area contributed by atoms with Crippen molar-refractivity contribution in [1.82, 2.24) is 9.55 Å². The van der Waals surface area contributed by atoms with Crippen LogP contribution < -0.4 is 10.5 Å². The number of rotatable bonds is 4. The number of nitrogens with zero attached hydrogens (tertiary/aromatic N) is 3. The Morgan fingerprint density at radius 1 is 1.04 bits per heavy atom. The average molecular weight is 307 g/mol. The fourth-order valence-electron chi connectivity index (χ4n) is 2.91. The molecule has 0 fully saturated rings. The number of anilines is 1. The first kappa shape index (κ1) is 15.3. The Hall–Kier alpha value is -2.62. The SMILES string of the molecule is CCN(CC)c1ccc2c(c1)nc(C)c(=O)n2-c1ccccc1. The molecule has 1 heterocycles. The van der Waals surface area contributed by atoms with Gasteiger partial charge in [-0.2, -0.15) is 0 Å². The number of fused-ring (bicyclic) bond motifs is 1. The number of aryl methyl sites for hydroxylation is 1. The summed E-state index contributed by atoms with van der Waals surface area (Å²) < 4.78 is 1.74. The molecule has 1 aromatic heterocycles. The normalized spacial score (nSPS) is 10.9. The van der Waals surface area contributed by atoms with Gasteiger partial charge in [0.05, 0.1) is 11.0 Å². The summed E-state index contributed by atoms with van der Waals surface area (Å²) in [5.74, 6) is 0. The third-order valence-electron chi connectivity index (χ3n) is 4.14. The monoisotopic (exact) mass is 307 g/mol. The van der Waals surface area contributed by atoms with Crippen molar-refractivity contribution in [3.8, 4) is 5.69 Å². The molecule has 2 aromatic carbocycles. The van der Waals surface area contributed by atoms with Crippen molar-refractivity contribution in [3.63, 3.8) is 0 Å². The third kappa shape index (κ3) is 2.72. The Morgan fingerprint density at radius 2 is 1.74 bits per heavy atom. The van der Waals surface area contributed by atoms with Gasteiger partial charge in [-0.1, -0.05) is 18.2 Å². The molecular weight excluding hydrogens is 286 g/mol. The van der Waals surface area contributed by atoms with Crippen LogP contribution >= 0.6 is 0 Å². The highest BCUT2D eigenvalue weighted by atomic mass is 16.1. The van der Waals surface area contributed by atoms with E-state index in [0.717, 1.165) is 35.5 Å². The molecule has 0 spiro atoms. The first-order chi connectivity index (χ1) is 11.2. The molecular formula is C19H21N3O. The number of hydrogen-bond acceptors (Lipinski definition) is 3. The Labute approximate surface area is 136 Å². The van der Waals surface area contributed by atoms with Crippen molar-refractivity contribution in [2.45, 2.75) is 20.8 Å². The summed E-state index contributed by atoms with van der Waals surface area (Å²) in [7, 11) is 0. The second kappa shape index (κ2) is 6.24. The van der Waals surface area contributed by atoms with Gasteiger partial charge < -0.3 is 4.90 Å². The molecule has 0 unspecified atom stereocenters. The lowest BCUT2D eigenvalue weighted by Crippen LogP contribution is -2.24. The molecule has 0 aliphatic carbocycles. The van der Waals surface area contributed by atoms with Gasteiger partial charge in [-0.3, -0.25) is 9.36 Å². The fraction of sp³-hybridized carbons (Fsp3) is 0.263. The molecule has 0 saturated carbocycles. The van der Waals surface area contributed by atoms with Crippen LogP contribution in [0.4, 0.5) is 5.69 Å². The molecule has 0 N–H and O–H groups in total. The van der Waals surface area contributed by atoms with Crippen LogP contribution in [0.15, 0.2) is 53.3 Å². The summed E-state index contributed by atoms with van der Waals surface area (Å²) in [6.07, 6.45) is 0. The van der Waals surface area contributed by atoms with Crippen LogP contribution in [0.5, 0.6) is 0 Å².